The van der Waals surface area contributed by atoms with E-state index in [1.54, 1.807) is 5.01 Å². The molecule has 0 spiro atoms. The number of hydrazone groups is 1. The van der Waals surface area contributed by atoms with Crippen molar-refractivity contribution in [1.82, 2.24) is 5.01 Å². The summed E-state index contributed by atoms with van der Waals surface area (Å²) in [5.74, 6) is 1.53. The molecule has 1 aliphatic heterocycles. The molecule has 1 amide bonds. The highest BCUT2D eigenvalue weighted by molar-refractivity contribution is 9.08. The van der Waals surface area contributed by atoms with E-state index in [0.717, 1.165) is 40.8 Å². The highest BCUT2D eigenvalue weighted by Crippen LogP contribution is 2.37. The van der Waals surface area contributed by atoms with Crippen molar-refractivity contribution in [2.24, 2.45) is 16.9 Å². The second kappa shape index (κ2) is 10.3. The lowest BCUT2D eigenvalue weighted by Gasteiger charge is -2.37. The highest BCUT2D eigenvalue weighted by atomic mass is 79.9. The van der Waals surface area contributed by atoms with Crippen molar-refractivity contribution in [2.75, 3.05) is 13.2 Å². The van der Waals surface area contributed by atoms with Gasteiger partial charge in [-0.25, -0.2) is 5.01 Å². The van der Waals surface area contributed by atoms with Crippen LogP contribution in [0.15, 0.2) is 59.7 Å². The van der Waals surface area contributed by atoms with Gasteiger partial charge in [0.15, 0.2) is 11.5 Å². The largest absolute Gasteiger partial charge is 0.490 e. The minimum atomic E-state index is -0.0866. The Labute approximate surface area is 198 Å². The molecule has 1 heterocycles. The predicted molar refractivity (Wildman–Crippen MR) is 130 cm³/mol. The van der Waals surface area contributed by atoms with Gasteiger partial charge in [-0.15, -0.1) is 0 Å². The quantitative estimate of drug-likeness (QED) is 0.347. The van der Waals surface area contributed by atoms with Gasteiger partial charge < -0.3 is 9.47 Å². The number of allylic oxidation sites excluding steroid dienone is 2. The van der Waals surface area contributed by atoms with Gasteiger partial charge in [0.1, 0.15) is 0 Å². The van der Waals surface area contributed by atoms with E-state index in [1.807, 2.05) is 32.0 Å². The Morgan fingerprint density at radius 3 is 2.28 bits per heavy atom. The number of hydrogen-bond acceptors (Lipinski definition) is 4. The van der Waals surface area contributed by atoms with E-state index in [1.165, 1.54) is 5.56 Å². The van der Waals surface area contributed by atoms with Crippen LogP contribution < -0.4 is 9.47 Å². The number of amides is 1. The molecule has 0 radical (unpaired) electrons. The van der Waals surface area contributed by atoms with E-state index in [0.29, 0.717) is 25.5 Å². The number of halogens is 1. The van der Waals surface area contributed by atoms with E-state index >= 15 is 0 Å². The van der Waals surface area contributed by atoms with Crippen LogP contribution in [0.2, 0.25) is 0 Å². The topological polar surface area (TPSA) is 51.1 Å². The van der Waals surface area contributed by atoms with Crippen molar-refractivity contribution in [1.29, 1.82) is 0 Å². The molecule has 4 rings (SSSR count). The minimum Gasteiger partial charge on any atom is -0.490 e. The summed E-state index contributed by atoms with van der Waals surface area (Å²) >= 11 is 3.48. The molecule has 2 atom stereocenters. The molecule has 2 aromatic rings. The monoisotopic (exact) mass is 496 g/mol. The number of carbonyl (C=O) groups excluding carboxylic acids is 1. The predicted octanol–water partition coefficient (Wildman–Crippen LogP) is 5.71. The fourth-order valence-corrected chi connectivity index (χ4v) is 4.71. The lowest BCUT2D eigenvalue weighted by molar-refractivity contribution is -0.138. The Morgan fingerprint density at radius 1 is 0.938 bits per heavy atom. The standard InChI is InChI=1S/C26H29BrN2O3/c1-3-31-23-14-13-20(15-24(23)32-4-2)25-21-7-5-6-8-22(21)26(30)29(28-25)17-19-11-9-18(16-27)10-12-19/h5-6,9-15,21-22H,3-4,7-8,16-17H2,1-2H3/t21-,22+/m1/s1. The highest BCUT2D eigenvalue weighted by Gasteiger charge is 2.40. The number of benzene rings is 2. The van der Waals surface area contributed by atoms with Crippen LogP contribution in [0.3, 0.4) is 0 Å². The number of hydrogen-bond donors (Lipinski definition) is 0. The first-order valence-corrected chi connectivity index (χ1v) is 12.3. The Morgan fingerprint density at radius 2 is 1.59 bits per heavy atom. The summed E-state index contributed by atoms with van der Waals surface area (Å²) in [4.78, 5) is 13.3. The van der Waals surface area contributed by atoms with Crippen molar-refractivity contribution in [3.63, 3.8) is 0 Å². The first-order valence-electron chi connectivity index (χ1n) is 11.2. The van der Waals surface area contributed by atoms with Crippen LogP contribution in [0.4, 0.5) is 0 Å². The summed E-state index contributed by atoms with van der Waals surface area (Å²) in [5.41, 5.74) is 4.20. The summed E-state index contributed by atoms with van der Waals surface area (Å²) in [6.45, 7) is 5.52. The molecular weight excluding hydrogens is 468 g/mol. The molecule has 1 aliphatic carbocycles. The lowest BCUT2D eigenvalue weighted by Crippen LogP contribution is -2.45. The normalized spacial score (nSPS) is 20.0. The summed E-state index contributed by atoms with van der Waals surface area (Å²) in [6.07, 6.45) is 5.85. The molecule has 5 nitrogen and oxygen atoms in total. The first-order chi connectivity index (χ1) is 15.6. The van der Waals surface area contributed by atoms with Crippen molar-refractivity contribution in [3.8, 4) is 11.5 Å². The minimum absolute atomic E-state index is 0.0759. The zero-order chi connectivity index (χ0) is 22.5. The third-order valence-corrected chi connectivity index (χ3v) is 6.58. The number of nitrogens with zero attached hydrogens (tertiary/aromatic N) is 2. The van der Waals surface area contributed by atoms with Crippen LogP contribution in [0.1, 0.15) is 43.4 Å². The van der Waals surface area contributed by atoms with E-state index < -0.39 is 0 Å². The summed E-state index contributed by atoms with van der Waals surface area (Å²) in [5, 5.41) is 7.36. The van der Waals surface area contributed by atoms with Gasteiger partial charge in [0.25, 0.3) is 0 Å². The average molecular weight is 497 g/mol. The molecule has 0 unspecified atom stereocenters. The van der Waals surface area contributed by atoms with E-state index in [9.17, 15) is 4.79 Å². The second-order valence-corrected chi connectivity index (χ2v) is 8.58. The van der Waals surface area contributed by atoms with Gasteiger partial charge in [-0.2, -0.15) is 5.10 Å². The van der Waals surface area contributed by atoms with Crippen LogP contribution in [-0.4, -0.2) is 29.8 Å². The molecule has 6 heteroatoms. The molecule has 2 aromatic carbocycles. The molecule has 0 N–H and O–H groups in total. The van der Waals surface area contributed by atoms with Crippen LogP contribution in [0, 0.1) is 11.8 Å². The number of fused-ring (bicyclic) bond motifs is 1. The molecular formula is C26H29BrN2O3. The molecule has 2 aliphatic rings. The summed E-state index contributed by atoms with van der Waals surface area (Å²) in [6, 6.07) is 14.3. The Bertz CT molecular complexity index is 1020. The van der Waals surface area contributed by atoms with Crippen molar-refractivity contribution in [2.45, 2.75) is 38.6 Å². The second-order valence-electron chi connectivity index (χ2n) is 8.01. The van der Waals surface area contributed by atoms with E-state index in [4.69, 9.17) is 14.6 Å². The van der Waals surface area contributed by atoms with Crippen LogP contribution in [0.5, 0.6) is 11.5 Å². The van der Waals surface area contributed by atoms with Crippen LogP contribution >= 0.6 is 15.9 Å². The maximum atomic E-state index is 13.3. The molecule has 0 aromatic heterocycles. The van der Waals surface area contributed by atoms with E-state index in [-0.39, 0.29) is 17.7 Å². The van der Waals surface area contributed by atoms with Crippen molar-refractivity contribution < 1.29 is 14.3 Å². The fraction of sp³-hybridized carbons (Fsp3) is 0.385. The third-order valence-electron chi connectivity index (χ3n) is 5.93. The number of ether oxygens (including phenoxy) is 2. The lowest BCUT2D eigenvalue weighted by atomic mass is 9.76. The number of carbonyl (C=O) groups is 1. The Balaban J connectivity index is 1.70. The van der Waals surface area contributed by atoms with Gasteiger partial charge in [0, 0.05) is 16.8 Å². The maximum absolute atomic E-state index is 13.3. The maximum Gasteiger partial charge on any atom is 0.247 e. The first kappa shape index (κ1) is 22.6. The van der Waals surface area contributed by atoms with Gasteiger partial charge in [-0.05, 0) is 56.0 Å². The van der Waals surface area contributed by atoms with Gasteiger partial charge in [0.05, 0.1) is 31.4 Å². The van der Waals surface area contributed by atoms with Gasteiger partial charge in [-0.1, -0.05) is 52.3 Å². The molecule has 32 heavy (non-hydrogen) atoms. The molecule has 0 bridgehead atoms. The molecule has 168 valence electrons. The van der Waals surface area contributed by atoms with Gasteiger partial charge >= 0.3 is 0 Å². The Kier molecular flexibility index (Phi) is 7.30. The average Bonchev–Trinajstić information content (AvgIpc) is 2.83. The third kappa shape index (κ3) is 4.75. The summed E-state index contributed by atoms with van der Waals surface area (Å²) in [7, 11) is 0. The SMILES string of the molecule is CCOc1ccc(C2=NN(Cc3ccc(CBr)cc3)C(=O)[C@H]3CC=CC[C@@H]23)cc1OCC. The van der Waals surface area contributed by atoms with Crippen LogP contribution in [0.25, 0.3) is 0 Å². The summed E-state index contributed by atoms with van der Waals surface area (Å²) < 4.78 is 11.6. The van der Waals surface area contributed by atoms with E-state index in [2.05, 4.69) is 52.3 Å². The number of alkyl halides is 1. The molecule has 0 saturated heterocycles. The van der Waals surface area contributed by atoms with Crippen LogP contribution in [-0.2, 0) is 16.7 Å². The van der Waals surface area contributed by atoms with Gasteiger partial charge in [0.2, 0.25) is 5.91 Å². The van der Waals surface area contributed by atoms with Gasteiger partial charge in [-0.3, -0.25) is 4.79 Å². The van der Waals surface area contributed by atoms with Crippen molar-refractivity contribution >= 4 is 27.5 Å². The molecule has 0 saturated carbocycles. The Hall–Kier alpha value is -2.60. The number of rotatable bonds is 8. The smallest absolute Gasteiger partial charge is 0.247 e. The zero-order valence-electron chi connectivity index (χ0n) is 18.6. The molecule has 0 fully saturated rings. The van der Waals surface area contributed by atoms with Crippen molar-refractivity contribution in [3.05, 3.63) is 71.3 Å². The fourth-order valence-electron chi connectivity index (χ4n) is 4.34. The zero-order valence-corrected chi connectivity index (χ0v) is 20.2.